The average Bonchev–Trinajstić information content (AvgIpc) is 3.29. The number of hydrogen-bond acceptors (Lipinski definition) is 5. The SMILES string of the molecule is N#Cc1ccc(/C=C/C2=Cc3ccccc3C(=O)C2c2cccc(N3N=NCC3=O)c2)cc1. The number of fused-ring (bicyclic) bond motifs is 1. The lowest BCUT2D eigenvalue weighted by Crippen LogP contribution is -2.23. The van der Waals surface area contributed by atoms with Gasteiger partial charge in [-0.3, -0.25) is 9.59 Å². The largest absolute Gasteiger partial charge is 0.293 e. The van der Waals surface area contributed by atoms with Crippen LogP contribution in [0.1, 0.15) is 38.5 Å². The van der Waals surface area contributed by atoms with Crippen molar-refractivity contribution >= 4 is 29.5 Å². The summed E-state index contributed by atoms with van der Waals surface area (Å²) in [6.45, 7) is 0.0262. The molecular weight excluding hydrogens is 412 g/mol. The van der Waals surface area contributed by atoms with E-state index < -0.39 is 5.92 Å². The quantitative estimate of drug-likeness (QED) is 0.559. The Kier molecular flexibility index (Phi) is 5.21. The number of Topliss-reactive ketones (excluding diaryl/α,β-unsaturated/α-hetero) is 1. The van der Waals surface area contributed by atoms with Crippen LogP contribution in [0.5, 0.6) is 0 Å². The van der Waals surface area contributed by atoms with Gasteiger partial charge in [-0.05, 0) is 52.6 Å². The Bertz CT molecular complexity index is 1390. The summed E-state index contributed by atoms with van der Waals surface area (Å²) in [5.41, 5.74) is 5.26. The summed E-state index contributed by atoms with van der Waals surface area (Å²) in [6, 6.07) is 24.2. The normalized spacial score (nSPS) is 17.2. The monoisotopic (exact) mass is 430 g/mol. The van der Waals surface area contributed by atoms with E-state index in [1.165, 1.54) is 5.01 Å². The zero-order valence-electron chi connectivity index (χ0n) is 17.6. The number of nitrogens with zero attached hydrogens (tertiary/aromatic N) is 4. The molecule has 1 aliphatic heterocycles. The van der Waals surface area contributed by atoms with Crippen molar-refractivity contribution in [2.24, 2.45) is 10.3 Å². The number of ketones is 1. The predicted molar refractivity (Wildman–Crippen MR) is 125 cm³/mol. The van der Waals surface area contributed by atoms with E-state index in [0.717, 1.165) is 22.3 Å². The van der Waals surface area contributed by atoms with Crippen LogP contribution in [0, 0.1) is 11.3 Å². The number of anilines is 1. The molecule has 0 aromatic heterocycles. The molecule has 3 aromatic rings. The first kappa shape index (κ1) is 20.3. The van der Waals surface area contributed by atoms with Crippen LogP contribution in [-0.4, -0.2) is 18.2 Å². The fourth-order valence-electron chi connectivity index (χ4n) is 4.07. The van der Waals surface area contributed by atoms with Crippen LogP contribution in [0.3, 0.4) is 0 Å². The highest BCUT2D eigenvalue weighted by molar-refractivity contribution is 6.09. The minimum Gasteiger partial charge on any atom is -0.293 e. The predicted octanol–water partition coefficient (Wildman–Crippen LogP) is 5.35. The molecule has 3 aromatic carbocycles. The maximum Gasteiger partial charge on any atom is 0.272 e. The van der Waals surface area contributed by atoms with Gasteiger partial charge in [0.05, 0.1) is 23.2 Å². The molecule has 0 bridgehead atoms. The van der Waals surface area contributed by atoms with E-state index in [0.29, 0.717) is 16.8 Å². The number of carbonyl (C=O) groups is 2. The van der Waals surface area contributed by atoms with Gasteiger partial charge in [0.15, 0.2) is 5.78 Å². The molecule has 33 heavy (non-hydrogen) atoms. The minimum atomic E-state index is -0.524. The van der Waals surface area contributed by atoms with Crippen molar-refractivity contribution in [2.45, 2.75) is 5.92 Å². The first-order chi connectivity index (χ1) is 16.1. The highest BCUT2D eigenvalue weighted by atomic mass is 16.2. The van der Waals surface area contributed by atoms with Crippen molar-refractivity contribution in [1.29, 1.82) is 5.26 Å². The van der Waals surface area contributed by atoms with Gasteiger partial charge in [0.1, 0.15) is 6.54 Å². The fourth-order valence-corrected chi connectivity index (χ4v) is 4.07. The van der Waals surface area contributed by atoms with Crippen molar-refractivity contribution in [3.8, 4) is 6.07 Å². The molecule has 0 fully saturated rings. The maximum atomic E-state index is 13.6. The average molecular weight is 430 g/mol. The van der Waals surface area contributed by atoms with E-state index in [1.807, 2.05) is 72.8 Å². The summed E-state index contributed by atoms with van der Waals surface area (Å²) in [5.74, 6) is -0.729. The molecule has 1 amide bonds. The van der Waals surface area contributed by atoms with E-state index in [9.17, 15) is 9.59 Å². The van der Waals surface area contributed by atoms with E-state index in [4.69, 9.17) is 5.26 Å². The first-order valence-corrected chi connectivity index (χ1v) is 10.5. The molecule has 1 heterocycles. The Hall–Kier alpha value is -4.63. The molecule has 158 valence electrons. The van der Waals surface area contributed by atoms with Gasteiger partial charge in [-0.15, -0.1) is 0 Å². The number of nitriles is 1. The standard InChI is InChI=1S/C27H18N4O2/c28-16-19-10-8-18(9-11-19)12-13-22-14-20-4-1-2-7-24(20)27(33)26(22)21-5-3-6-23(15-21)31-25(32)17-29-30-31/h1-15,26H,17H2/b13-12+. The van der Waals surface area contributed by atoms with E-state index in [2.05, 4.69) is 16.4 Å². The lowest BCUT2D eigenvalue weighted by molar-refractivity contribution is -0.116. The number of allylic oxidation sites excluding steroid dienone is 2. The Labute approximate surface area is 190 Å². The van der Waals surface area contributed by atoms with E-state index in [1.54, 1.807) is 18.2 Å². The van der Waals surface area contributed by atoms with Gasteiger partial charge in [0.25, 0.3) is 5.91 Å². The zero-order chi connectivity index (χ0) is 22.8. The van der Waals surface area contributed by atoms with Crippen LogP contribution in [0.25, 0.3) is 12.2 Å². The highest BCUT2D eigenvalue weighted by Gasteiger charge is 2.31. The van der Waals surface area contributed by atoms with Crippen molar-refractivity contribution in [3.63, 3.8) is 0 Å². The van der Waals surface area contributed by atoms with Crippen molar-refractivity contribution in [1.82, 2.24) is 0 Å². The van der Waals surface area contributed by atoms with Gasteiger partial charge in [-0.2, -0.15) is 15.4 Å². The lowest BCUT2D eigenvalue weighted by atomic mass is 9.78. The second-order valence-electron chi connectivity index (χ2n) is 7.79. The van der Waals surface area contributed by atoms with Crippen molar-refractivity contribution in [3.05, 3.63) is 112 Å². The second kappa shape index (κ2) is 8.48. The van der Waals surface area contributed by atoms with Gasteiger partial charge in [-0.1, -0.05) is 65.9 Å². The van der Waals surface area contributed by atoms with Crippen LogP contribution in [0.4, 0.5) is 5.69 Å². The number of carbonyl (C=O) groups excluding carboxylic acids is 2. The summed E-state index contributed by atoms with van der Waals surface area (Å²) in [4.78, 5) is 25.7. The number of benzene rings is 3. The highest BCUT2D eigenvalue weighted by Crippen LogP contribution is 2.38. The number of amides is 1. The molecule has 1 atom stereocenters. The molecule has 5 rings (SSSR count). The third-order valence-corrected chi connectivity index (χ3v) is 5.69. The van der Waals surface area contributed by atoms with Gasteiger partial charge in [0.2, 0.25) is 0 Å². The van der Waals surface area contributed by atoms with Gasteiger partial charge >= 0.3 is 0 Å². The molecule has 1 unspecified atom stereocenters. The molecule has 0 saturated carbocycles. The summed E-state index contributed by atoms with van der Waals surface area (Å²) < 4.78 is 0. The summed E-state index contributed by atoms with van der Waals surface area (Å²) in [6.07, 6.45) is 5.89. The number of hydrogen-bond donors (Lipinski definition) is 0. The van der Waals surface area contributed by atoms with Crippen LogP contribution in [-0.2, 0) is 4.79 Å². The summed E-state index contributed by atoms with van der Waals surface area (Å²) >= 11 is 0. The molecule has 0 N–H and O–H groups in total. The molecule has 1 aliphatic carbocycles. The lowest BCUT2D eigenvalue weighted by Gasteiger charge is -2.24. The molecule has 0 saturated heterocycles. The molecule has 2 aliphatic rings. The van der Waals surface area contributed by atoms with Crippen LogP contribution in [0.2, 0.25) is 0 Å². The van der Waals surface area contributed by atoms with Gasteiger partial charge in [0, 0.05) is 5.56 Å². The Morgan fingerprint density at radius 3 is 2.55 bits per heavy atom. The molecular formula is C27H18N4O2. The smallest absolute Gasteiger partial charge is 0.272 e. The van der Waals surface area contributed by atoms with Crippen molar-refractivity contribution < 1.29 is 9.59 Å². The third-order valence-electron chi connectivity index (χ3n) is 5.69. The van der Waals surface area contributed by atoms with E-state index >= 15 is 0 Å². The Morgan fingerprint density at radius 2 is 1.79 bits per heavy atom. The third kappa shape index (κ3) is 3.88. The fraction of sp³-hybridized carbons (Fsp3) is 0.0741. The van der Waals surface area contributed by atoms with Gasteiger partial charge in [-0.25, -0.2) is 0 Å². The summed E-state index contributed by atoms with van der Waals surface area (Å²) in [7, 11) is 0. The molecule has 6 nitrogen and oxygen atoms in total. The first-order valence-electron chi connectivity index (χ1n) is 10.5. The van der Waals surface area contributed by atoms with Crippen LogP contribution in [0.15, 0.2) is 94.8 Å². The second-order valence-corrected chi connectivity index (χ2v) is 7.79. The minimum absolute atomic E-state index is 0.000830. The Balaban J connectivity index is 1.56. The van der Waals surface area contributed by atoms with Crippen LogP contribution >= 0.6 is 0 Å². The maximum absolute atomic E-state index is 13.6. The zero-order valence-corrected chi connectivity index (χ0v) is 17.6. The molecule has 6 heteroatoms. The number of rotatable bonds is 4. The summed E-state index contributed by atoms with van der Waals surface area (Å²) in [5, 5.41) is 18.0. The molecule has 0 radical (unpaired) electrons. The van der Waals surface area contributed by atoms with Gasteiger partial charge < -0.3 is 0 Å². The molecule has 0 spiro atoms. The van der Waals surface area contributed by atoms with Crippen molar-refractivity contribution in [2.75, 3.05) is 11.6 Å². The van der Waals surface area contributed by atoms with Crippen LogP contribution < -0.4 is 5.01 Å². The van der Waals surface area contributed by atoms with E-state index in [-0.39, 0.29) is 18.2 Å². The Morgan fingerprint density at radius 1 is 0.970 bits per heavy atom. The topological polar surface area (TPSA) is 85.9 Å².